The van der Waals surface area contributed by atoms with Gasteiger partial charge in [-0.1, -0.05) is 12.1 Å². The molecule has 1 atom stereocenters. The van der Waals surface area contributed by atoms with E-state index in [1.54, 1.807) is 11.3 Å². The zero-order valence-electron chi connectivity index (χ0n) is 9.41. The molecule has 0 aliphatic carbocycles. The number of likely N-dealkylation sites (N-methyl/N-ethyl adjacent to an activating group) is 1. The van der Waals surface area contributed by atoms with Gasteiger partial charge in [0, 0.05) is 6.04 Å². The van der Waals surface area contributed by atoms with Gasteiger partial charge in [0.2, 0.25) is 0 Å². The summed E-state index contributed by atoms with van der Waals surface area (Å²) in [6.45, 7) is 0. The Morgan fingerprint density at radius 1 is 1.35 bits per heavy atom. The summed E-state index contributed by atoms with van der Waals surface area (Å²) in [6.07, 6.45) is 0.879. The molecular formula is C13H13FINS. The summed E-state index contributed by atoms with van der Waals surface area (Å²) in [5.41, 5.74) is 2.44. The zero-order chi connectivity index (χ0) is 12.3. The Labute approximate surface area is 118 Å². The highest BCUT2D eigenvalue weighted by Gasteiger charge is 2.11. The molecule has 17 heavy (non-hydrogen) atoms. The van der Waals surface area contributed by atoms with Crippen LogP contribution >= 0.6 is 33.9 Å². The minimum absolute atomic E-state index is 0.181. The first-order chi connectivity index (χ1) is 8.19. The van der Waals surface area contributed by atoms with Crippen LogP contribution in [0.2, 0.25) is 0 Å². The highest BCUT2D eigenvalue weighted by molar-refractivity contribution is 14.1. The fourth-order valence-corrected chi connectivity index (χ4v) is 3.17. The van der Waals surface area contributed by atoms with Crippen LogP contribution in [0.25, 0.3) is 0 Å². The molecule has 0 aliphatic rings. The minimum atomic E-state index is -0.181. The predicted molar refractivity (Wildman–Crippen MR) is 78.9 cm³/mol. The molecule has 1 aromatic carbocycles. The number of hydrogen-bond donors (Lipinski definition) is 1. The lowest BCUT2D eigenvalue weighted by atomic mass is 10.0. The van der Waals surface area contributed by atoms with Crippen molar-refractivity contribution >= 4 is 33.9 Å². The summed E-state index contributed by atoms with van der Waals surface area (Å²) in [4.78, 5) is 0. The molecule has 0 radical (unpaired) electrons. The molecule has 4 heteroatoms. The average molecular weight is 361 g/mol. The van der Waals surface area contributed by atoms with Gasteiger partial charge in [0.15, 0.2) is 0 Å². The molecule has 0 saturated carbocycles. The molecule has 1 unspecified atom stereocenters. The Morgan fingerprint density at radius 3 is 2.59 bits per heavy atom. The molecule has 0 saturated heterocycles. The van der Waals surface area contributed by atoms with Crippen LogP contribution in [0.3, 0.4) is 0 Å². The van der Waals surface area contributed by atoms with E-state index < -0.39 is 0 Å². The molecule has 1 aromatic heterocycles. The van der Waals surface area contributed by atoms with Gasteiger partial charge in [-0.25, -0.2) is 4.39 Å². The maximum absolute atomic E-state index is 12.8. The highest BCUT2D eigenvalue weighted by Crippen LogP contribution is 2.24. The lowest BCUT2D eigenvalue weighted by Crippen LogP contribution is -2.18. The topological polar surface area (TPSA) is 12.0 Å². The Bertz CT molecular complexity index is 480. The third-order valence-corrected chi connectivity index (χ3v) is 4.50. The first kappa shape index (κ1) is 13.0. The van der Waals surface area contributed by atoms with E-state index in [1.807, 2.05) is 19.2 Å². The van der Waals surface area contributed by atoms with Gasteiger partial charge in [0.1, 0.15) is 5.82 Å². The van der Waals surface area contributed by atoms with E-state index in [0.29, 0.717) is 6.04 Å². The van der Waals surface area contributed by atoms with Gasteiger partial charge < -0.3 is 5.32 Å². The van der Waals surface area contributed by atoms with Crippen LogP contribution in [0.5, 0.6) is 0 Å². The van der Waals surface area contributed by atoms with Crippen molar-refractivity contribution in [2.45, 2.75) is 12.5 Å². The molecule has 0 spiro atoms. The zero-order valence-corrected chi connectivity index (χ0v) is 12.4. The van der Waals surface area contributed by atoms with Gasteiger partial charge in [-0.15, -0.1) is 11.3 Å². The van der Waals surface area contributed by atoms with Crippen molar-refractivity contribution in [3.05, 3.63) is 55.5 Å². The van der Waals surface area contributed by atoms with Gasteiger partial charge in [-0.2, -0.15) is 0 Å². The smallest absolute Gasteiger partial charge is 0.123 e. The predicted octanol–water partition coefficient (Wildman–Crippen LogP) is 4.00. The first-order valence-corrected chi connectivity index (χ1v) is 7.30. The summed E-state index contributed by atoms with van der Waals surface area (Å²) in [5, 5.41) is 5.48. The molecule has 0 aliphatic heterocycles. The van der Waals surface area contributed by atoms with E-state index >= 15 is 0 Å². The van der Waals surface area contributed by atoms with Gasteiger partial charge in [-0.3, -0.25) is 0 Å². The van der Waals surface area contributed by atoms with Crippen molar-refractivity contribution in [1.29, 1.82) is 0 Å². The van der Waals surface area contributed by atoms with Gasteiger partial charge in [0.05, 0.1) is 2.88 Å². The van der Waals surface area contributed by atoms with Crippen LogP contribution in [0.4, 0.5) is 4.39 Å². The minimum Gasteiger partial charge on any atom is -0.313 e. The third kappa shape index (κ3) is 3.50. The molecule has 0 bridgehead atoms. The van der Waals surface area contributed by atoms with Crippen LogP contribution in [-0.4, -0.2) is 7.05 Å². The second kappa shape index (κ2) is 5.93. The molecule has 0 amide bonds. The normalized spacial score (nSPS) is 12.6. The Morgan fingerprint density at radius 2 is 2.06 bits per heavy atom. The third-order valence-electron chi connectivity index (χ3n) is 2.69. The average Bonchev–Trinajstić information content (AvgIpc) is 2.75. The summed E-state index contributed by atoms with van der Waals surface area (Å²) in [7, 11) is 1.96. The number of rotatable bonds is 4. The summed E-state index contributed by atoms with van der Waals surface area (Å²) in [6, 6.07) is 9.20. The number of benzene rings is 1. The van der Waals surface area contributed by atoms with E-state index in [2.05, 4.69) is 39.4 Å². The molecule has 90 valence electrons. The van der Waals surface area contributed by atoms with Crippen molar-refractivity contribution in [3.8, 4) is 0 Å². The molecule has 2 aromatic rings. The van der Waals surface area contributed by atoms with Crippen LogP contribution in [-0.2, 0) is 6.42 Å². The Balaban J connectivity index is 2.12. The van der Waals surface area contributed by atoms with Crippen molar-refractivity contribution in [3.63, 3.8) is 0 Å². The summed E-state index contributed by atoms with van der Waals surface area (Å²) >= 11 is 4.07. The fraction of sp³-hybridized carbons (Fsp3) is 0.231. The second-order valence-electron chi connectivity index (χ2n) is 3.86. The van der Waals surface area contributed by atoms with Crippen molar-refractivity contribution in [2.75, 3.05) is 7.05 Å². The second-order valence-corrected chi connectivity index (χ2v) is 6.66. The van der Waals surface area contributed by atoms with E-state index in [9.17, 15) is 4.39 Å². The van der Waals surface area contributed by atoms with Crippen LogP contribution in [0.1, 0.15) is 17.2 Å². The number of halogens is 2. The van der Waals surface area contributed by atoms with Gasteiger partial charge >= 0.3 is 0 Å². The molecule has 2 rings (SSSR count). The monoisotopic (exact) mass is 361 g/mol. The molecule has 0 fully saturated rings. The summed E-state index contributed by atoms with van der Waals surface area (Å²) < 4.78 is 14.1. The van der Waals surface area contributed by atoms with E-state index in [-0.39, 0.29) is 5.82 Å². The van der Waals surface area contributed by atoms with Gasteiger partial charge in [0.25, 0.3) is 0 Å². The first-order valence-electron chi connectivity index (χ1n) is 5.34. The van der Waals surface area contributed by atoms with Crippen LogP contribution in [0, 0.1) is 8.70 Å². The Kier molecular flexibility index (Phi) is 4.53. The van der Waals surface area contributed by atoms with Gasteiger partial charge in [-0.05, 0) is 70.8 Å². The van der Waals surface area contributed by atoms with Crippen LogP contribution < -0.4 is 5.32 Å². The number of thiophene rings is 1. The van der Waals surface area contributed by atoms with E-state index in [1.165, 1.54) is 20.6 Å². The number of nitrogens with one attached hydrogen (secondary N) is 1. The van der Waals surface area contributed by atoms with Crippen molar-refractivity contribution in [2.24, 2.45) is 0 Å². The molecule has 1 heterocycles. The Hall–Kier alpha value is -0.460. The summed E-state index contributed by atoms with van der Waals surface area (Å²) in [5.74, 6) is -0.181. The fourth-order valence-electron chi connectivity index (χ4n) is 1.75. The molecule has 1 nitrogen and oxygen atoms in total. The highest BCUT2D eigenvalue weighted by atomic mass is 127. The van der Waals surface area contributed by atoms with E-state index in [4.69, 9.17) is 0 Å². The molecule has 1 N–H and O–H groups in total. The molecular weight excluding hydrogens is 348 g/mol. The van der Waals surface area contributed by atoms with Crippen molar-refractivity contribution in [1.82, 2.24) is 5.32 Å². The maximum atomic E-state index is 12.8. The lowest BCUT2D eigenvalue weighted by molar-refractivity contribution is 0.590. The maximum Gasteiger partial charge on any atom is 0.123 e. The van der Waals surface area contributed by atoms with E-state index in [0.717, 1.165) is 12.0 Å². The standard InChI is InChI=1S/C13H13FINS/c1-16-12(10-7-13(15)17-8-10)6-9-2-4-11(14)5-3-9/h2-5,7-8,12,16H,6H2,1H3. The lowest BCUT2D eigenvalue weighted by Gasteiger charge is -2.14. The van der Waals surface area contributed by atoms with Crippen molar-refractivity contribution < 1.29 is 4.39 Å². The van der Waals surface area contributed by atoms with Crippen LogP contribution in [0.15, 0.2) is 35.7 Å². The quantitative estimate of drug-likeness (QED) is 0.812. The largest absolute Gasteiger partial charge is 0.313 e. The number of hydrogen-bond acceptors (Lipinski definition) is 2. The SMILES string of the molecule is CNC(Cc1ccc(F)cc1)c1csc(I)c1.